The van der Waals surface area contributed by atoms with Crippen molar-refractivity contribution in [1.82, 2.24) is 9.78 Å². The van der Waals surface area contributed by atoms with Crippen molar-refractivity contribution in [3.05, 3.63) is 44.9 Å². The molecule has 0 atom stereocenters. The molecule has 0 amide bonds. The highest BCUT2D eigenvalue weighted by Crippen LogP contribution is 2.41. The molecule has 1 saturated carbocycles. The first-order valence-electron chi connectivity index (χ1n) is 8.46. The van der Waals surface area contributed by atoms with Crippen LogP contribution >= 0.6 is 11.8 Å². The van der Waals surface area contributed by atoms with E-state index in [0.717, 1.165) is 19.1 Å². The SMILES string of the molecule is CCSc1c(S(C)(=O)=O)ccc(C(=O)c2c(C3CC3)[nH]n(C)c2=O)c1C. The average Bonchev–Trinajstić information content (AvgIpc) is 3.35. The number of aryl methyl sites for hydroxylation is 1. The fourth-order valence-corrected chi connectivity index (χ4v) is 5.38. The summed E-state index contributed by atoms with van der Waals surface area (Å²) in [6.45, 7) is 3.67. The Balaban J connectivity index is 2.18. The third-order valence-electron chi connectivity index (χ3n) is 4.59. The second-order valence-corrected chi connectivity index (χ2v) is 9.90. The quantitative estimate of drug-likeness (QED) is 0.601. The van der Waals surface area contributed by atoms with E-state index < -0.39 is 9.84 Å². The molecule has 8 heteroatoms. The zero-order valence-electron chi connectivity index (χ0n) is 15.3. The number of rotatable bonds is 6. The molecule has 6 nitrogen and oxygen atoms in total. The van der Waals surface area contributed by atoms with Crippen LogP contribution < -0.4 is 5.56 Å². The molecule has 0 unspecified atom stereocenters. The zero-order chi connectivity index (χ0) is 19.2. The standard InChI is InChI=1S/C18H22N2O4S2/c1-5-25-17-10(2)12(8-9-13(17)26(4,23)24)16(21)14-15(11-6-7-11)19-20(3)18(14)22/h8-9,11,19H,5-7H2,1-4H3. The van der Waals surface area contributed by atoms with E-state index in [1.54, 1.807) is 14.0 Å². The van der Waals surface area contributed by atoms with E-state index in [9.17, 15) is 18.0 Å². The minimum Gasteiger partial charge on any atom is -0.299 e. The van der Waals surface area contributed by atoms with Crippen molar-refractivity contribution in [1.29, 1.82) is 0 Å². The van der Waals surface area contributed by atoms with E-state index in [2.05, 4.69) is 5.10 Å². The third-order valence-corrected chi connectivity index (χ3v) is 6.96. The summed E-state index contributed by atoms with van der Waals surface area (Å²) in [5.41, 5.74) is 1.52. The van der Waals surface area contributed by atoms with Gasteiger partial charge in [-0.25, -0.2) is 8.42 Å². The Bertz CT molecular complexity index is 1040. The molecule has 1 N–H and O–H groups in total. The van der Waals surface area contributed by atoms with Crippen LogP contribution in [0.3, 0.4) is 0 Å². The van der Waals surface area contributed by atoms with Crippen molar-refractivity contribution in [2.45, 2.75) is 42.4 Å². The molecule has 1 heterocycles. The van der Waals surface area contributed by atoms with Crippen LogP contribution in [0, 0.1) is 6.92 Å². The number of hydrogen-bond donors (Lipinski definition) is 1. The van der Waals surface area contributed by atoms with E-state index in [4.69, 9.17) is 0 Å². The maximum atomic E-state index is 13.2. The highest BCUT2D eigenvalue weighted by Gasteiger charge is 2.33. The molecule has 0 saturated heterocycles. The van der Waals surface area contributed by atoms with Gasteiger partial charge in [0.2, 0.25) is 5.78 Å². The lowest BCUT2D eigenvalue weighted by Gasteiger charge is -2.14. The number of nitrogens with zero attached hydrogens (tertiary/aromatic N) is 1. The van der Waals surface area contributed by atoms with Crippen LogP contribution in [0.2, 0.25) is 0 Å². The number of sulfone groups is 1. The maximum Gasteiger partial charge on any atom is 0.277 e. The minimum absolute atomic E-state index is 0.178. The summed E-state index contributed by atoms with van der Waals surface area (Å²) < 4.78 is 25.5. The third kappa shape index (κ3) is 3.27. The predicted molar refractivity (Wildman–Crippen MR) is 102 cm³/mol. The molecule has 3 rings (SSSR count). The molecule has 0 aliphatic heterocycles. The minimum atomic E-state index is -3.41. The molecule has 1 aromatic carbocycles. The molecule has 0 spiro atoms. The van der Waals surface area contributed by atoms with Gasteiger partial charge in [0.1, 0.15) is 5.56 Å². The zero-order valence-corrected chi connectivity index (χ0v) is 16.9. The predicted octanol–water partition coefficient (Wildman–Crippen LogP) is 2.65. The summed E-state index contributed by atoms with van der Waals surface area (Å²) in [7, 11) is -1.80. The van der Waals surface area contributed by atoms with Crippen molar-refractivity contribution in [2.75, 3.05) is 12.0 Å². The highest BCUT2D eigenvalue weighted by atomic mass is 32.2. The molecule has 0 bridgehead atoms. The fraction of sp³-hybridized carbons (Fsp3) is 0.444. The number of hydrogen-bond acceptors (Lipinski definition) is 5. The van der Waals surface area contributed by atoms with Gasteiger partial charge in [0.25, 0.3) is 5.56 Å². The number of carbonyl (C=O) groups is 1. The van der Waals surface area contributed by atoms with E-state index in [0.29, 0.717) is 27.5 Å². The van der Waals surface area contributed by atoms with Crippen LogP contribution in [0.15, 0.2) is 26.7 Å². The Hall–Kier alpha value is -1.80. The van der Waals surface area contributed by atoms with Gasteiger partial charge in [-0.05, 0) is 43.2 Å². The van der Waals surface area contributed by atoms with Gasteiger partial charge >= 0.3 is 0 Å². The van der Waals surface area contributed by atoms with Gasteiger partial charge in [0.05, 0.1) is 10.6 Å². The molecule has 0 radical (unpaired) electrons. The van der Waals surface area contributed by atoms with Crippen LogP contribution in [0.25, 0.3) is 0 Å². The van der Waals surface area contributed by atoms with Crippen molar-refractivity contribution >= 4 is 27.4 Å². The van der Waals surface area contributed by atoms with E-state index in [1.807, 2.05) is 6.92 Å². The van der Waals surface area contributed by atoms with Gasteiger partial charge in [-0.15, -0.1) is 11.8 Å². The van der Waals surface area contributed by atoms with Crippen LogP contribution in [-0.2, 0) is 16.9 Å². The summed E-state index contributed by atoms with van der Waals surface area (Å²) in [5.74, 6) is 0.562. The topological polar surface area (TPSA) is 89.0 Å². The Labute approximate surface area is 156 Å². The molecule has 26 heavy (non-hydrogen) atoms. The summed E-state index contributed by atoms with van der Waals surface area (Å²) in [5, 5.41) is 3.00. The van der Waals surface area contributed by atoms with E-state index in [-0.39, 0.29) is 27.7 Å². The second-order valence-electron chi connectivity index (χ2n) is 6.64. The van der Waals surface area contributed by atoms with Gasteiger partial charge in [0.15, 0.2) is 9.84 Å². The van der Waals surface area contributed by atoms with Gasteiger partial charge < -0.3 is 0 Å². The molecular formula is C18H22N2O4S2. The smallest absolute Gasteiger partial charge is 0.277 e. The Kier molecular flexibility index (Phi) is 4.92. The summed E-state index contributed by atoms with van der Waals surface area (Å²) in [4.78, 5) is 26.5. The first-order valence-corrected chi connectivity index (χ1v) is 11.3. The number of carbonyl (C=O) groups excluding carboxylic acids is 1. The lowest BCUT2D eigenvalue weighted by molar-refractivity contribution is 0.103. The molecular weight excluding hydrogens is 372 g/mol. The van der Waals surface area contributed by atoms with E-state index >= 15 is 0 Å². The van der Waals surface area contributed by atoms with Crippen LogP contribution in [0.5, 0.6) is 0 Å². The molecule has 1 aliphatic rings. The van der Waals surface area contributed by atoms with Gasteiger partial charge in [-0.2, -0.15) is 0 Å². The van der Waals surface area contributed by atoms with Crippen LogP contribution in [0.4, 0.5) is 0 Å². The summed E-state index contributed by atoms with van der Waals surface area (Å²) >= 11 is 1.39. The Morgan fingerprint density at radius 2 is 2.00 bits per heavy atom. The fourth-order valence-electron chi connectivity index (χ4n) is 3.12. The number of thioether (sulfide) groups is 1. The molecule has 2 aromatic rings. The monoisotopic (exact) mass is 394 g/mol. The summed E-state index contributed by atoms with van der Waals surface area (Å²) in [6, 6.07) is 3.00. The van der Waals surface area contributed by atoms with Crippen LogP contribution in [0.1, 0.15) is 52.9 Å². The van der Waals surface area contributed by atoms with Crippen molar-refractivity contribution in [3.63, 3.8) is 0 Å². The number of H-pyrrole nitrogens is 1. The number of ketones is 1. The first-order chi connectivity index (χ1) is 12.2. The lowest BCUT2D eigenvalue weighted by Crippen LogP contribution is -2.20. The maximum absolute atomic E-state index is 13.2. The second kappa shape index (κ2) is 6.74. The Morgan fingerprint density at radius 3 is 2.54 bits per heavy atom. The van der Waals surface area contributed by atoms with Crippen LogP contribution in [-0.4, -0.2) is 36.0 Å². The van der Waals surface area contributed by atoms with Crippen molar-refractivity contribution in [3.8, 4) is 0 Å². The van der Waals surface area contributed by atoms with Gasteiger partial charge in [0, 0.05) is 29.7 Å². The average molecular weight is 395 g/mol. The highest BCUT2D eigenvalue weighted by molar-refractivity contribution is 8.00. The summed E-state index contributed by atoms with van der Waals surface area (Å²) in [6.07, 6.45) is 3.09. The van der Waals surface area contributed by atoms with Crippen molar-refractivity contribution < 1.29 is 13.2 Å². The number of nitrogens with one attached hydrogen (secondary N) is 1. The van der Waals surface area contributed by atoms with E-state index in [1.165, 1.54) is 28.6 Å². The van der Waals surface area contributed by atoms with Crippen molar-refractivity contribution in [2.24, 2.45) is 7.05 Å². The largest absolute Gasteiger partial charge is 0.299 e. The molecule has 140 valence electrons. The number of aromatic nitrogens is 2. The normalized spacial score (nSPS) is 14.6. The Morgan fingerprint density at radius 1 is 1.35 bits per heavy atom. The van der Waals surface area contributed by atoms with Gasteiger partial charge in [-0.1, -0.05) is 6.92 Å². The lowest BCUT2D eigenvalue weighted by atomic mass is 9.98. The molecule has 1 aliphatic carbocycles. The molecule has 1 aromatic heterocycles. The molecule has 1 fully saturated rings. The van der Waals surface area contributed by atoms with Gasteiger partial charge in [-0.3, -0.25) is 19.4 Å². The number of aromatic amines is 1. The number of benzene rings is 1. The first kappa shape index (κ1) is 19.0.